The van der Waals surface area contributed by atoms with E-state index in [0.717, 1.165) is 22.7 Å². The van der Waals surface area contributed by atoms with Crippen molar-refractivity contribution < 1.29 is 18.0 Å². The minimum Gasteiger partial charge on any atom is -0.354 e. The van der Waals surface area contributed by atoms with E-state index in [-0.39, 0.29) is 23.0 Å². The highest BCUT2D eigenvalue weighted by atomic mass is 35.5. The van der Waals surface area contributed by atoms with Gasteiger partial charge in [-0.1, -0.05) is 78.5 Å². The van der Waals surface area contributed by atoms with Crippen molar-refractivity contribution in [3.63, 3.8) is 0 Å². The highest BCUT2D eigenvalue weighted by Crippen LogP contribution is 2.27. The molecule has 0 aromatic heterocycles. The van der Waals surface area contributed by atoms with Crippen LogP contribution in [-0.2, 0) is 26.2 Å². The molecule has 0 saturated carbocycles. The zero-order valence-corrected chi connectivity index (χ0v) is 24.6. The van der Waals surface area contributed by atoms with Crippen molar-refractivity contribution in [3.8, 4) is 0 Å². The quantitative estimate of drug-likeness (QED) is 0.269. The Bertz CT molecular complexity index is 1400. The van der Waals surface area contributed by atoms with Gasteiger partial charge in [-0.2, -0.15) is 0 Å². The number of anilines is 1. The normalized spacial score (nSPS) is 12.0. The number of benzene rings is 3. The maximum Gasteiger partial charge on any atom is 0.264 e. The second-order valence-corrected chi connectivity index (χ2v) is 11.9. The van der Waals surface area contributed by atoms with Crippen LogP contribution >= 0.6 is 23.2 Å². The SMILES string of the molecule is CCCCNC(=O)[C@H](C)N(Cc1ccccc1Cl)C(=O)CN(c1cccc(Cl)c1)S(=O)(=O)c1ccc(C)cc1. The third kappa shape index (κ3) is 7.97. The molecule has 3 aromatic carbocycles. The Balaban J connectivity index is 2.01. The third-order valence-electron chi connectivity index (χ3n) is 6.28. The summed E-state index contributed by atoms with van der Waals surface area (Å²) in [4.78, 5) is 28.3. The lowest BCUT2D eigenvalue weighted by Crippen LogP contribution is -2.51. The fraction of sp³-hybridized carbons (Fsp3) is 0.310. The largest absolute Gasteiger partial charge is 0.354 e. The Morgan fingerprint density at radius 1 is 0.974 bits per heavy atom. The standard InChI is InChI=1S/C29H33Cl2N3O4S/c1-4-5-17-32-29(36)22(3)33(19-23-9-6-7-12-27(23)31)28(35)20-34(25-11-8-10-24(30)18-25)39(37,38)26-15-13-21(2)14-16-26/h6-16,18,22H,4-5,17,19-20H2,1-3H3,(H,32,36)/t22-/m0/s1. The molecule has 2 amide bonds. The molecule has 0 saturated heterocycles. The van der Waals surface area contributed by atoms with Gasteiger partial charge in [-0.05, 0) is 62.2 Å². The topological polar surface area (TPSA) is 86.8 Å². The molecule has 0 spiro atoms. The van der Waals surface area contributed by atoms with Gasteiger partial charge in [-0.25, -0.2) is 8.42 Å². The maximum atomic E-state index is 13.9. The van der Waals surface area contributed by atoms with Crippen LogP contribution in [0.15, 0.2) is 77.7 Å². The molecule has 0 aliphatic carbocycles. The first-order valence-electron chi connectivity index (χ1n) is 12.7. The van der Waals surface area contributed by atoms with Crippen LogP contribution in [0.1, 0.15) is 37.8 Å². The minimum atomic E-state index is -4.16. The number of nitrogens with one attached hydrogen (secondary N) is 1. The van der Waals surface area contributed by atoms with Gasteiger partial charge in [-0.3, -0.25) is 13.9 Å². The second-order valence-electron chi connectivity index (χ2n) is 9.24. The number of halogens is 2. The van der Waals surface area contributed by atoms with Crippen molar-refractivity contribution in [1.82, 2.24) is 10.2 Å². The van der Waals surface area contributed by atoms with E-state index in [0.29, 0.717) is 22.2 Å². The van der Waals surface area contributed by atoms with Gasteiger partial charge >= 0.3 is 0 Å². The Labute approximate surface area is 240 Å². The summed E-state index contributed by atoms with van der Waals surface area (Å²) in [6, 6.07) is 18.8. The van der Waals surface area contributed by atoms with Crippen molar-refractivity contribution >= 4 is 50.7 Å². The first-order valence-corrected chi connectivity index (χ1v) is 14.9. The van der Waals surface area contributed by atoms with Crippen molar-refractivity contribution in [2.75, 3.05) is 17.4 Å². The van der Waals surface area contributed by atoms with Crippen molar-refractivity contribution in [3.05, 3.63) is 94.0 Å². The molecule has 0 bridgehead atoms. The van der Waals surface area contributed by atoms with Crippen molar-refractivity contribution in [1.29, 1.82) is 0 Å². The predicted octanol–water partition coefficient (Wildman–Crippen LogP) is 5.83. The Hall–Kier alpha value is -3.07. The van der Waals surface area contributed by atoms with E-state index < -0.39 is 28.5 Å². The van der Waals surface area contributed by atoms with Crippen LogP contribution in [0, 0.1) is 6.92 Å². The number of sulfonamides is 1. The van der Waals surface area contributed by atoms with Gasteiger partial charge < -0.3 is 10.2 Å². The molecule has 3 aromatic rings. The van der Waals surface area contributed by atoms with Crippen LogP contribution < -0.4 is 9.62 Å². The van der Waals surface area contributed by atoms with Gasteiger partial charge in [0.1, 0.15) is 12.6 Å². The van der Waals surface area contributed by atoms with E-state index in [4.69, 9.17) is 23.2 Å². The summed E-state index contributed by atoms with van der Waals surface area (Å²) in [5.74, 6) is -0.900. The van der Waals surface area contributed by atoms with E-state index >= 15 is 0 Å². The van der Waals surface area contributed by atoms with Crippen LogP contribution in [0.3, 0.4) is 0 Å². The van der Waals surface area contributed by atoms with Gasteiger partial charge in [0, 0.05) is 23.1 Å². The lowest BCUT2D eigenvalue weighted by Gasteiger charge is -2.32. The van der Waals surface area contributed by atoms with Gasteiger partial charge in [-0.15, -0.1) is 0 Å². The summed E-state index contributed by atoms with van der Waals surface area (Å²) in [7, 11) is -4.16. The molecule has 0 radical (unpaired) electrons. The summed E-state index contributed by atoms with van der Waals surface area (Å²) in [6.07, 6.45) is 1.71. The first kappa shape index (κ1) is 30.5. The number of amides is 2. The average Bonchev–Trinajstić information content (AvgIpc) is 2.91. The highest BCUT2D eigenvalue weighted by molar-refractivity contribution is 7.92. The molecule has 0 aliphatic rings. The van der Waals surface area contributed by atoms with E-state index in [1.807, 2.05) is 13.8 Å². The fourth-order valence-electron chi connectivity index (χ4n) is 3.93. The van der Waals surface area contributed by atoms with Crippen molar-refractivity contribution in [2.24, 2.45) is 0 Å². The second kappa shape index (κ2) is 13.8. The predicted molar refractivity (Wildman–Crippen MR) is 157 cm³/mol. The average molecular weight is 591 g/mol. The molecule has 208 valence electrons. The maximum absolute atomic E-state index is 13.9. The van der Waals surface area contributed by atoms with Gasteiger partial charge in [0.25, 0.3) is 10.0 Å². The Morgan fingerprint density at radius 3 is 2.31 bits per heavy atom. The van der Waals surface area contributed by atoms with Crippen LogP contribution in [0.4, 0.5) is 5.69 Å². The van der Waals surface area contributed by atoms with Crippen LogP contribution in [-0.4, -0.2) is 44.3 Å². The molecular formula is C29H33Cl2N3O4S. The van der Waals surface area contributed by atoms with E-state index in [1.54, 1.807) is 61.5 Å². The number of carbonyl (C=O) groups is 2. The third-order valence-corrected chi connectivity index (χ3v) is 8.67. The van der Waals surface area contributed by atoms with Crippen molar-refractivity contribution in [2.45, 2.75) is 51.1 Å². The molecule has 1 atom stereocenters. The summed E-state index contributed by atoms with van der Waals surface area (Å²) in [6.45, 7) is 5.44. The molecule has 39 heavy (non-hydrogen) atoms. The molecule has 0 unspecified atom stereocenters. The number of rotatable bonds is 12. The summed E-state index contributed by atoms with van der Waals surface area (Å²) < 4.78 is 28.7. The van der Waals surface area contributed by atoms with Crippen LogP contribution in [0.25, 0.3) is 0 Å². The molecular weight excluding hydrogens is 557 g/mol. The zero-order valence-electron chi connectivity index (χ0n) is 22.2. The number of nitrogens with zero attached hydrogens (tertiary/aromatic N) is 2. The summed E-state index contributed by atoms with van der Waals surface area (Å²) >= 11 is 12.6. The highest BCUT2D eigenvalue weighted by Gasteiger charge is 2.32. The number of hydrogen-bond acceptors (Lipinski definition) is 4. The molecule has 3 rings (SSSR count). The lowest BCUT2D eigenvalue weighted by molar-refractivity contribution is -0.139. The summed E-state index contributed by atoms with van der Waals surface area (Å²) in [5, 5.41) is 3.62. The molecule has 7 nitrogen and oxygen atoms in total. The van der Waals surface area contributed by atoms with E-state index in [9.17, 15) is 18.0 Å². The number of aryl methyl sites for hydroxylation is 1. The van der Waals surface area contributed by atoms with Gasteiger partial charge in [0.15, 0.2) is 0 Å². The monoisotopic (exact) mass is 589 g/mol. The van der Waals surface area contributed by atoms with E-state index in [1.165, 1.54) is 23.1 Å². The summed E-state index contributed by atoms with van der Waals surface area (Å²) in [5.41, 5.74) is 1.76. The number of carbonyl (C=O) groups excluding carboxylic acids is 2. The van der Waals surface area contributed by atoms with Gasteiger partial charge in [0.2, 0.25) is 11.8 Å². The Kier molecular flexibility index (Phi) is 10.8. The van der Waals surface area contributed by atoms with E-state index in [2.05, 4.69) is 5.32 Å². The molecule has 10 heteroatoms. The number of unbranched alkanes of at least 4 members (excludes halogenated alkanes) is 1. The zero-order chi connectivity index (χ0) is 28.6. The fourth-order valence-corrected chi connectivity index (χ4v) is 5.71. The van der Waals surface area contributed by atoms with Crippen LogP contribution in [0.5, 0.6) is 0 Å². The Morgan fingerprint density at radius 2 is 1.67 bits per heavy atom. The van der Waals surface area contributed by atoms with Gasteiger partial charge in [0.05, 0.1) is 10.6 Å². The molecule has 0 aliphatic heterocycles. The molecule has 0 fully saturated rings. The van der Waals surface area contributed by atoms with Crippen LogP contribution in [0.2, 0.25) is 10.0 Å². The lowest BCUT2D eigenvalue weighted by atomic mass is 10.1. The number of hydrogen-bond donors (Lipinski definition) is 1. The first-order chi connectivity index (χ1) is 18.5. The molecule has 1 N–H and O–H groups in total. The smallest absolute Gasteiger partial charge is 0.264 e. The minimum absolute atomic E-state index is 0.0227. The molecule has 0 heterocycles.